The summed E-state index contributed by atoms with van der Waals surface area (Å²) >= 11 is 17.3. The lowest BCUT2D eigenvalue weighted by Gasteiger charge is -2.01. The monoisotopic (exact) mass is 278 g/mol. The van der Waals surface area contributed by atoms with E-state index in [2.05, 4.69) is 0 Å². The second-order valence-electron chi connectivity index (χ2n) is 2.89. The highest BCUT2D eigenvalue weighted by atomic mass is 35.5. The first-order chi connectivity index (χ1) is 7.54. The number of benzene rings is 1. The fraction of sp³-hybridized carbons (Fsp3) is 0.182. The molecule has 0 aromatic heterocycles. The number of esters is 1. The van der Waals surface area contributed by atoms with Gasteiger partial charge in [0.1, 0.15) is 5.03 Å². The van der Waals surface area contributed by atoms with Crippen LogP contribution < -0.4 is 0 Å². The summed E-state index contributed by atoms with van der Waals surface area (Å²) in [7, 11) is 0. The van der Waals surface area contributed by atoms with E-state index in [0.29, 0.717) is 15.6 Å². The Morgan fingerprint density at radius 1 is 1.38 bits per heavy atom. The standard InChI is InChI=1S/C11H9Cl3O2/c1-2-16-11(15)10(14)6-7-3-4-8(12)9(13)5-7/h3-6H,2H2,1H3. The highest BCUT2D eigenvalue weighted by molar-refractivity contribution is 6.43. The van der Waals surface area contributed by atoms with Gasteiger partial charge in [-0.3, -0.25) is 0 Å². The van der Waals surface area contributed by atoms with E-state index in [0.717, 1.165) is 0 Å². The highest BCUT2D eigenvalue weighted by Gasteiger charge is 2.07. The Morgan fingerprint density at radius 2 is 2.06 bits per heavy atom. The van der Waals surface area contributed by atoms with E-state index in [4.69, 9.17) is 39.5 Å². The summed E-state index contributed by atoms with van der Waals surface area (Å²) < 4.78 is 4.73. The molecule has 0 N–H and O–H groups in total. The summed E-state index contributed by atoms with van der Waals surface area (Å²) in [6.07, 6.45) is 1.47. The lowest BCUT2D eigenvalue weighted by molar-refractivity contribution is -0.137. The number of carbonyl (C=O) groups excluding carboxylic acids is 1. The molecule has 0 heterocycles. The largest absolute Gasteiger partial charge is 0.462 e. The second-order valence-corrected chi connectivity index (χ2v) is 4.11. The second kappa shape index (κ2) is 6.14. The normalized spacial score (nSPS) is 11.4. The summed E-state index contributed by atoms with van der Waals surface area (Å²) in [6.45, 7) is 1.99. The van der Waals surface area contributed by atoms with Gasteiger partial charge in [0.25, 0.3) is 0 Å². The van der Waals surface area contributed by atoms with Crippen LogP contribution in [0.3, 0.4) is 0 Å². The molecule has 0 radical (unpaired) electrons. The number of ether oxygens (including phenoxy) is 1. The smallest absolute Gasteiger partial charge is 0.349 e. The third kappa shape index (κ3) is 3.71. The molecule has 0 saturated heterocycles. The Kier molecular flexibility index (Phi) is 5.13. The summed E-state index contributed by atoms with van der Waals surface area (Å²) in [5, 5.41) is 0.857. The number of halogens is 3. The summed E-state index contributed by atoms with van der Waals surface area (Å²) in [5.74, 6) is -0.560. The van der Waals surface area contributed by atoms with Crippen molar-refractivity contribution in [3.8, 4) is 0 Å². The molecular weight excluding hydrogens is 270 g/mol. The molecule has 0 aliphatic heterocycles. The van der Waals surface area contributed by atoms with Gasteiger partial charge in [-0.05, 0) is 30.7 Å². The predicted molar refractivity (Wildman–Crippen MR) is 66.9 cm³/mol. The number of hydrogen-bond donors (Lipinski definition) is 0. The Balaban J connectivity index is 2.89. The number of rotatable bonds is 3. The fourth-order valence-electron chi connectivity index (χ4n) is 1.01. The van der Waals surface area contributed by atoms with Gasteiger partial charge < -0.3 is 4.74 Å². The highest BCUT2D eigenvalue weighted by Crippen LogP contribution is 2.24. The molecule has 5 heteroatoms. The third-order valence-electron chi connectivity index (χ3n) is 1.71. The van der Waals surface area contributed by atoms with E-state index in [1.807, 2.05) is 0 Å². The van der Waals surface area contributed by atoms with Gasteiger partial charge in [-0.25, -0.2) is 4.79 Å². The van der Waals surface area contributed by atoms with Crippen LogP contribution in [-0.2, 0) is 9.53 Å². The third-order valence-corrected chi connectivity index (χ3v) is 2.71. The predicted octanol–water partition coefficient (Wildman–Crippen LogP) is 4.14. The molecule has 0 unspecified atom stereocenters. The van der Waals surface area contributed by atoms with Crippen molar-refractivity contribution in [2.24, 2.45) is 0 Å². The van der Waals surface area contributed by atoms with Crippen molar-refractivity contribution in [3.63, 3.8) is 0 Å². The van der Waals surface area contributed by atoms with Gasteiger partial charge in [0.2, 0.25) is 0 Å². The van der Waals surface area contributed by atoms with E-state index >= 15 is 0 Å². The van der Waals surface area contributed by atoms with Crippen molar-refractivity contribution in [2.45, 2.75) is 6.92 Å². The minimum absolute atomic E-state index is 0.000221. The Bertz CT molecular complexity index is 427. The van der Waals surface area contributed by atoms with Gasteiger partial charge in [0.05, 0.1) is 16.7 Å². The minimum Gasteiger partial charge on any atom is -0.462 e. The van der Waals surface area contributed by atoms with Crippen LogP contribution >= 0.6 is 34.8 Å². The molecule has 1 aromatic carbocycles. The zero-order valence-corrected chi connectivity index (χ0v) is 10.7. The van der Waals surface area contributed by atoms with Crippen LogP contribution in [0.2, 0.25) is 10.0 Å². The van der Waals surface area contributed by atoms with Crippen molar-refractivity contribution in [1.29, 1.82) is 0 Å². The maximum absolute atomic E-state index is 11.2. The molecule has 0 aliphatic rings. The van der Waals surface area contributed by atoms with Crippen LogP contribution in [0.25, 0.3) is 6.08 Å². The van der Waals surface area contributed by atoms with E-state index in [9.17, 15) is 4.79 Å². The van der Waals surface area contributed by atoms with Gasteiger partial charge in [0.15, 0.2) is 0 Å². The van der Waals surface area contributed by atoms with Crippen molar-refractivity contribution >= 4 is 46.8 Å². The average molecular weight is 280 g/mol. The molecular formula is C11H9Cl3O2. The maximum Gasteiger partial charge on any atom is 0.349 e. The molecule has 0 saturated carbocycles. The van der Waals surface area contributed by atoms with Crippen LogP contribution in [-0.4, -0.2) is 12.6 Å². The van der Waals surface area contributed by atoms with Gasteiger partial charge in [0, 0.05) is 0 Å². The molecule has 0 aliphatic carbocycles. The topological polar surface area (TPSA) is 26.3 Å². The van der Waals surface area contributed by atoms with Gasteiger partial charge >= 0.3 is 5.97 Å². The number of carbonyl (C=O) groups is 1. The Morgan fingerprint density at radius 3 is 2.62 bits per heavy atom. The van der Waals surface area contributed by atoms with E-state index in [1.54, 1.807) is 25.1 Å². The van der Waals surface area contributed by atoms with Crippen LogP contribution in [0.4, 0.5) is 0 Å². The van der Waals surface area contributed by atoms with Crippen molar-refractivity contribution in [2.75, 3.05) is 6.61 Å². The zero-order chi connectivity index (χ0) is 12.1. The summed E-state index contributed by atoms with van der Waals surface area (Å²) in [4.78, 5) is 11.2. The molecule has 0 spiro atoms. The average Bonchev–Trinajstić information content (AvgIpc) is 2.24. The first kappa shape index (κ1) is 13.4. The van der Waals surface area contributed by atoms with Gasteiger partial charge in [-0.2, -0.15) is 0 Å². The minimum atomic E-state index is -0.560. The van der Waals surface area contributed by atoms with Crippen LogP contribution in [0.1, 0.15) is 12.5 Å². The Labute approximate surface area is 109 Å². The van der Waals surface area contributed by atoms with Crippen LogP contribution in [0, 0.1) is 0 Å². The van der Waals surface area contributed by atoms with Crippen LogP contribution in [0.5, 0.6) is 0 Å². The SMILES string of the molecule is CCOC(=O)C(Cl)=Cc1ccc(Cl)c(Cl)c1. The zero-order valence-electron chi connectivity index (χ0n) is 8.47. The molecule has 1 rings (SSSR count). The molecule has 1 aromatic rings. The molecule has 2 nitrogen and oxygen atoms in total. The summed E-state index contributed by atoms with van der Waals surface area (Å²) in [5.41, 5.74) is 0.687. The first-order valence-corrected chi connectivity index (χ1v) is 5.67. The van der Waals surface area contributed by atoms with Crippen molar-refractivity contribution < 1.29 is 9.53 Å². The molecule has 0 bridgehead atoms. The molecule has 0 fully saturated rings. The first-order valence-electron chi connectivity index (χ1n) is 4.54. The number of hydrogen-bond acceptors (Lipinski definition) is 2. The van der Waals surface area contributed by atoms with E-state index in [-0.39, 0.29) is 11.6 Å². The maximum atomic E-state index is 11.2. The molecule has 16 heavy (non-hydrogen) atoms. The molecule has 0 amide bonds. The van der Waals surface area contributed by atoms with Crippen molar-refractivity contribution in [1.82, 2.24) is 0 Å². The van der Waals surface area contributed by atoms with Gasteiger partial charge in [-0.15, -0.1) is 0 Å². The summed E-state index contributed by atoms with van der Waals surface area (Å²) in [6, 6.07) is 4.95. The Hall–Kier alpha value is -0.700. The van der Waals surface area contributed by atoms with Crippen molar-refractivity contribution in [3.05, 3.63) is 38.8 Å². The van der Waals surface area contributed by atoms with E-state index in [1.165, 1.54) is 6.08 Å². The van der Waals surface area contributed by atoms with E-state index < -0.39 is 5.97 Å². The molecule has 0 atom stereocenters. The fourth-order valence-corrected chi connectivity index (χ4v) is 1.49. The lowest BCUT2D eigenvalue weighted by atomic mass is 10.2. The van der Waals surface area contributed by atoms with Gasteiger partial charge in [-0.1, -0.05) is 40.9 Å². The molecule has 86 valence electrons. The van der Waals surface area contributed by atoms with Crippen LogP contribution in [0.15, 0.2) is 23.2 Å². The lowest BCUT2D eigenvalue weighted by Crippen LogP contribution is -2.03. The quantitative estimate of drug-likeness (QED) is 0.614.